The predicted molar refractivity (Wildman–Crippen MR) is 101 cm³/mol. The number of esters is 2. The summed E-state index contributed by atoms with van der Waals surface area (Å²) in [5.41, 5.74) is 1.45. The third-order valence-electron chi connectivity index (χ3n) is 4.05. The fraction of sp³-hybridized carbons (Fsp3) is 0.250. The Morgan fingerprint density at radius 1 is 0.714 bits per heavy atom. The Morgan fingerprint density at radius 3 is 1.57 bits per heavy atom. The molecule has 2 aromatic rings. The SMILES string of the molecule is COC(=O)c1cc(NC(=O)c2cc(OC)c(C)c(OC)c2)cc(C(=O)OC)c1. The van der Waals surface area contributed by atoms with E-state index in [0.29, 0.717) is 11.5 Å². The first-order chi connectivity index (χ1) is 13.3. The maximum atomic E-state index is 12.7. The van der Waals surface area contributed by atoms with Crippen LogP contribution in [0.15, 0.2) is 30.3 Å². The number of rotatable bonds is 6. The number of hydrogen-bond donors (Lipinski definition) is 1. The minimum absolute atomic E-state index is 0.0970. The number of benzene rings is 2. The van der Waals surface area contributed by atoms with Crippen LogP contribution in [-0.2, 0) is 9.47 Å². The third-order valence-corrected chi connectivity index (χ3v) is 4.05. The van der Waals surface area contributed by atoms with Crippen LogP contribution in [0, 0.1) is 6.92 Å². The molecule has 0 saturated carbocycles. The number of nitrogens with one attached hydrogen (secondary N) is 1. The van der Waals surface area contributed by atoms with Crippen molar-refractivity contribution in [3.8, 4) is 11.5 Å². The van der Waals surface area contributed by atoms with Gasteiger partial charge in [-0.2, -0.15) is 0 Å². The summed E-state index contributed by atoms with van der Waals surface area (Å²) >= 11 is 0. The van der Waals surface area contributed by atoms with E-state index in [9.17, 15) is 14.4 Å². The minimum atomic E-state index is -0.653. The molecule has 0 aromatic heterocycles. The first-order valence-corrected chi connectivity index (χ1v) is 8.20. The van der Waals surface area contributed by atoms with Crippen molar-refractivity contribution < 1.29 is 33.3 Å². The van der Waals surface area contributed by atoms with E-state index in [-0.39, 0.29) is 22.4 Å². The van der Waals surface area contributed by atoms with Crippen LogP contribution in [0.2, 0.25) is 0 Å². The lowest BCUT2D eigenvalue weighted by Crippen LogP contribution is -2.15. The third kappa shape index (κ3) is 4.40. The lowest BCUT2D eigenvalue weighted by Gasteiger charge is -2.13. The smallest absolute Gasteiger partial charge is 0.337 e. The second-order valence-electron chi connectivity index (χ2n) is 5.74. The Morgan fingerprint density at radius 2 is 1.18 bits per heavy atom. The number of carbonyl (C=O) groups is 3. The molecular formula is C20H21NO7. The maximum absolute atomic E-state index is 12.7. The van der Waals surface area contributed by atoms with Crippen molar-refractivity contribution >= 4 is 23.5 Å². The Balaban J connectivity index is 2.43. The summed E-state index contributed by atoms with van der Waals surface area (Å²) in [4.78, 5) is 36.4. The lowest BCUT2D eigenvalue weighted by atomic mass is 10.1. The maximum Gasteiger partial charge on any atom is 0.337 e. The molecule has 0 aliphatic carbocycles. The quantitative estimate of drug-likeness (QED) is 0.761. The molecule has 2 aromatic carbocycles. The van der Waals surface area contributed by atoms with E-state index in [1.807, 2.05) is 6.92 Å². The normalized spacial score (nSPS) is 10.0. The molecule has 0 bridgehead atoms. The Labute approximate surface area is 162 Å². The number of hydrogen-bond acceptors (Lipinski definition) is 7. The van der Waals surface area contributed by atoms with Crippen molar-refractivity contribution in [2.45, 2.75) is 6.92 Å². The summed E-state index contributed by atoms with van der Waals surface area (Å²) in [5.74, 6) is -0.805. The molecule has 8 heteroatoms. The van der Waals surface area contributed by atoms with E-state index in [4.69, 9.17) is 9.47 Å². The van der Waals surface area contributed by atoms with Crippen molar-refractivity contribution in [1.82, 2.24) is 0 Å². The van der Waals surface area contributed by atoms with Crippen LogP contribution in [0.1, 0.15) is 36.6 Å². The molecule has 148 valence electrons. The first-order valence-electron chi connectivity index (χ1n) is 8.20. The van der Waals surface area contributed by atoms with E-state index >= 15 is 0 Å². The van der Waals surface area contributed by atoms with Crippen LogP contribution in [0.5, 0.6) is 11.5 Å². The molecule has 0 spiro atoms. The van der Waals surface area contributed by atoms with Crippen LogP contribution in [-0.4, -0.2) is 46.3 Å². The monoisotopic (exact) mass is 387 g/mol. The Hall–Kier alpha value is -3.55. The molecule has 0 radical (unpaired) electrons. The van der Waals surface area contributed by atoms with Gasteiger partial charge in [-0.3, -0.25) is 4.79 Å². The van der Waals surface area contributed by atoms with Crippen molar-refractivity contribution in [2.75, 3.05) is 33.8 Å². The predicted octanol–water partition coefficient (Wildman–Crippen LogP) is 2.84. The second kappa shape index (κ2) is 8.90. The van der Waals surface area contributed by atoms with Gasteiger partial charge in [0.1, 0.15) is 11.5 Å². The highest BCUT2D eigenvalue weighted by Gasteiger charge is 2.17. The summed E-state index contributed by atoms with van der Waals surface area (Å²) in [6, 6.07) is 7.26. The van der Waals surface area contributed by atoms with Gasteiger partial charge in [0, 0.05) is 16.8 Å². The number of carbonyl (C=O) groups excluding carboxylic acids is 3. The number of methoxy groups -OCH3 is 4. The largest absolute Gasteiger partial charge is 0.496 e. The van der Waals surface area contributed by atoms with Crippen molar-refractivity contribution in [3.63, 3.8) is 0 Å². The van der Waals surface area contributed by atoms with Crippen LogP contribution < -0.4 is 14.8 Å². The zero-order valence-corrected chi connectivity index (χ0v) is 16.2. The Bertz CT molecular complexity index is 862. The molecule has 8 nitrogen and oxygen atoms in total. The standard InChI is InChI=1S/C20H21NO7/c1-11-16(25-2)9-12(10-17(11)26-3)18(22)21-15-7-13(19(23)27-4)6-14(8-15)20(24)28-5/h6-10H,1-5H3,(H,21,22). The molecular weight excluding hydrogens is 366 g/mol. The molecule has 0 aliphatic rings. The van der Waals surface area contributed by atoms with Gasteiger partial charge in [0.15, 0.2) is 0 Å². The second-order valence-corrected chi connectivity index (χ2v) is 5.74. The topological polar surface area (TPSA) is 100 Å². The van der Waals surface area contributed by atoms with E-state index in [0.717, 1.165) is 5.56 Å². The highest BCUT2D eigenvalue weighted by Crippen LogP contribution is 2.30. The molecule has 0 fully saturated rings. The van der Waals surface area contributed by atoms with Gasteiger partial charge in [-0.1, -0.05) is 0 Å². The zero-order valence-electron chi connectivity index (χ0n) is 16.2. The van der Waals surface area contributed by atoms with Gasteiger partial charge in [0.25, 0.3) is 5.91 Å². The molecule has 0 saturated heterocycles. The van der Waals surface area contributed by atoms with E-state index in [1.165, 1.54) is 46.6 Å². The Kier molecular flexibility index (Phi) is 6.59. The highest BCUT2D eigenvalue weighted by atomic mass is 16.5. The van der Waals surface area contributed by atoms with Gasteiger partial charge < -0.3 is 24.3 Å². The fourth-order valence-corrected chi connectivity index (χ4v) is 2.59. The number of amides is 1. The van der Waals surface area contributed by atoms with E-state index in [1.54, 1.807) is 12.1 Å². The summed E-state index contributed by atoms with van der Waals surface area (Å²) in [7, 11) is 5.42. The number of anilines is 1. The van der Waals surface area contributed by atoms with E-state index < -0.39 is 17.8 Å². The summed E-state index contributed by atoms with van der Waals surface area (Å²) in [6.07, 6.45) is 0. The minimum Gasteiger partial charge on any atom is -0.496 e. The molecule has 2 rings (SSSR count). The molecule has 0 heterocycles. The van der Waals surface area contributed by atoms with E-state index in [2.05, 4.69) is 14.8 Å². The van der Waals surface area contributed by atoms with Gasteiger partial charge in [-0.15, -0.1) is 0 Å². The summed E-state index contributed by atoms with van der Waals surface area (Å²) in [5, 5.41) is 2.65. The van der Waals surface area contributed by atoms with Crippen LogP contribution in [0.3, 0.4) is 0 Å². The molecule has 1 amide bonds. The molecule has 0 atom stereocenters. The van der Waals surface area contributed by atoms with Crippen LogP contribution in [0.4, 0.5) is 5.69 Å². The van der Waals surface area contributed by atoms with Crippen molar-refractivity contribution in [3.05, 3.63) is 52.6 Å². The molecule has 0 unspecified atom stereocenters. The van der Waals surface area contributed by atoms with Gasteiger partial charge >= 0.3 is 11.9 Å². The molecule has 0 aliphatic heterocycles. The highest BCUT2D eigenvalue weighted by molar-refractivity contribution is 6.06. The zero-order chi connectivity index (χ0) is 20.8. The molecule has 1 N–H and O–H groups in total. The molecule has 28 heavy (non-hydrogen) atoms. The van der Waals surface area contributed by atoms with Gasteiger partial charge in [0.05, 0.1) is 39.6 Å². The number of ether oxygens (including phenoxy) is 4. The van der Waals surface area contributed by atoms with Crippen molar-refractivity contribution in [1.29, 1.82) is 0 Å². The fourth-order valence-electron chi connectivity index (χ4n) is 2.59. The van der Waals surface area contributed by atoms with Crippen molar-refractivity contribution in [2.24, 2.45) is 0 Å². The first kappa shape index (κ1) is 20.8. The lowest BCUT2D eigenvalue weighted by molar-refractivity contribution is 0.0599. The summed E-state index contributed by atoms with van der Waals surface area (Å²) < 4.78 is 19.9. The van der Waals surface area contributed by atoms with Crippen LogP contribution in [0.25, 0.3) is 0 Å². The summed E-state index contributed by atoms with van der Waals surface area (Å²) in [6.45, 7) is 1.81. The van der Waals surface area contributed by atoms with Gasteiger partial charge in [-0.25, -0.2) is 9.59 Å². The average Bonchev–Trinajstić information content (AvgIpc) is 2.72. The average molecular weight is 387 g/mol. The van der Waals surface area contributed by atoms with Gasteiger partial charge in [0.2, 0.25) is 0 Å². The van der Waals surface area contributed by atoms with Gasteiger partial charge in [-0.05, 0) is 37.3 Å². The van der Waals surface area contributed by atoms with Crippen LogP contribution >= 0.6 is 0 Å².